The van der Waals surface area contributed by atoms with E-state index in [1.54, 1.807) is 6.07 Å². The Labute approximate surface area is 156 Å². The monoisotopic (exact) mass is 384 g/mol. The fraction of sp³-hybridized carbons (Fsp3) is 0.500. The zero-order chi connectivity index (χ0) is 19.4. The number of hydrogen-bond acceptors (Lipinski definition) is 3. The molecule has 1 aliphatic rings. The summed E-state index contributed by atoms with van der Waals surface area (Å²) < 4.78 is 13.9. The van der Waals surface area contributed by atoms with Crippen molar-refractivity contribution in [2.45, 2.75) is 38.6 Å². The molecule has 3 N–H and O–H groups in total. The highest BCUT2D eigenvalue weighted by molar-refractivity contribution is 6.31. The quantitative estimate of drug-likeness (QED) is 0.641. The molecule has 142 valence electrons. The Hall–Kier alpha value is -2.15. The first-order valence-corrected chi connectivity index (χ1v) is 8.82. The molecule has 1 fully saturated rings. The summed E-state index contributed by atoms with van der Waals surface area (Å²) in [6, 6.07) is 3.37. The second-order valence-corrected chi connectivity index (χ2v) is 7.30. The van der Waals surface area contributed by atoms with Crippen LogP contribution < -0.4 is 10.6 Å². The average Bonchev–Trinajstić information content (AvgIpc) is 3.31. The molecule has 0 aliphatic heterocycles. The van der Waals surface area contributed by atoms with Crippen molar-refractivity contribution in [3.63, 3.8) is 0 Å². The molecule has 0 heterocycles. The molecule has 6 nitrogen and oxygen atoms in total. The Morgan fingerprint density at radius 3 is 2.62 bits per heavy atom. The van der Waals surface area contributed by atoms with Gasteiger partial charge in [0.2, 0.25) is 11.8 Å². The summed E-state index contributed by atoms with van der Waals surface area (Å²) in [6.07, 6.45) is 0.755. The Kier molecular flexibility index (Phi) is 6.58. The van der Waals surface area contributed by atoms with Crippen LogP contribution in [0.5, 0.6) is 0 Å². The fourth-order valence-corrected chi connectivity index (χ4v) is 3.21. The normalized spacial score (nSPS) is 19.7. The van der Waals surface area contributed by atoms with Crippen LogP contribution in [-0.2, 0) is 14.4 Å². The number of carbonyl (C=O) groups excluding carboxylic acids is 2. The van der Waals surface area contributed by atoms with E-state index in [2.05, 4.69) is 10.6 Å². The van der Waals surface area contributed by atoms with Crippen LogP contribution in [-0.4, -0.2) is 35.5 Å². The Bertz CT molecular complexity index is 690. The minimum Gasteiger partial charge on any atom is -0.480 e. The highest BCUT2D eigenvalue weighted by atomic mass is 35.5. The van der Waals surface area contributed by atoms with Crippen LogP contribution in [0.3, 0.4) is 0 Å². The number of amides is 2. The molecular formula is C18H22ClFN2O4. The zero-order valence-corrected chi connectivity index (χ0v) is 15.3. The molecule has 1 aliphatic carbocycles. The summed E-state index contributed by atoms with van der Waals surface area (Å²) in [5.41, 5.74) is 0.321. The van der Waals surface area contributed by atoms with Crippen molar-refractivity contribution in [3.8, 4) is 0 Å². The summed E-state index contributed by atoms with van der Waals surface area (Å²) in [5, 5.41) is 14.2. The van der Waals surface area contributed by atoms with Gasteiger partial charge in [0.05, 0.1) is 6.54 Å². The summed E-state index contributed by atoms with van der Waals surface area (Å²) in [7, 11) is 0. The van der Waals surface area contributed by atoms with E-state index >= 15 is 0 Å². The maximum absolute atomic E-state index is 13.9. The van der Waals surface area contributed by atoms with Crippen molar-refractivity contribution in [1.29, 1.82) is 0 Å². The molecular weight excluding hydrogens is 363 g/mol. The molecule has 1 saturated carbocycles. The molecule has 1 aromatic rings. The number of rotatable bonds is 8. The number of nitrogens with one attached hydrogen (secondary N) is 2. The molecule has 26 heavy (non-hydrogen) atoms. The van der Waals surface area contributed by atoms with Crippen molar-refractivity contribution in [1.82, 2.24) is 10.6 Å². The molecule has 0 saturated heterocycles. The SMILES string of the molecule is CC(C)C[C@H](NC(=O)CNC(=O)C1CC1c1c(F)cccc1Cl)C(=O)O. The maximum Gasteiger partial charge on any atom is 0.326 e. The van der Waals surface area contributed by atoms with E-state index < -0.39 is 29.7 Å². The Balaban J connectivity index is 1.84. The van der Waals surface area contributed by atoms with E-state index in [0.29, 0.717) is 18.4 Å². The first-order chi connectivity index (χ1) is 12.2. The predicted molar refractivity (Wildman–Crippen MR) is 94.3 cm³/mol. The third-order valence-electron chi connectivity index (χ3n) is 4.26. The van der Waals surface area contributed by atoms with Gasteiger partial charge in [-0.1, -0.05) is 31.5 Å². The van der Waals surface area contributed by atoms with Crippen LogP contribution in [0.2, 0.25) is 5.02 Å². The maximum atomic E-state index is 13.9. The summed E-state index contributed by atoms with van der Waals surface area (Å²) in [6.45, 7) is 3.38. The standard InChI is InChI=1S/C18H22ClFN2O4/c1-9(2)6-14(18(25)26)22-15(23)8-21-17(24)11-7-10(11)16-12(19)4-3-5-13(16)20/h3-5,9-11,14H,6-8H2,1-2H3,(H,21,24)(H,22,23)(H,25,26)/t10?,11?,14-/m0/s1. The molecule has 1 aromatic carbocycles. The molecule has 2 rings (SSSR count). The highest BCUT2D eigenvalue weighted by Gasteiger charge is 2.46. The van der Waals surface area contributed by atoms with Crippen LogP contribution in [0, 0.1) is 17.7 Å². The van der Waals surface area contributed by atoms with Gasteiger partial charge in [0.15, 0.2) is 0 Å². The molecule has 2 amide bonds. The van der Waals surface area contributed by atoms with Gasteiger partial charge in [0, 0.05) is 22.4 Å². The van der Waals surface area contributed by atoms with Gasteiger partial charge in [-0.25, -0.2) is 9.18 Å². The first-order valence-electron chi connectivity index (χ1n) is 8.44. The molecule has 0 bridgehead atoms. The van der Waals surface area contributed by atoms with Gasteiger partial charge >= 0.3 is 5.97 Å². The van der Waals surface area contributed by atoms with Crippen LogP contribution >= 0.6 is 11.6 Å². The third kappa shape index (κ3) is 5.17. The number of halogens is 2. The zero-order valence-electron chi connectivity index (χ0n) is 14.6. The largest absolute Gasteiger partial charge is 0.480 e. The first kappa shape index (κ1) is 20.2. The van der Waals surface area contributed by atoms with Crippen molar-refractivity contribution >= 4 is 29.4 Å². The van der Waals surface area contributed by atoms with Gasteiger partial charge in [-0.15, -0.1) is 0 Å². The van der Waals surface area contributed by atoms with Gasteiger partial charge in [0.25, 0.3) is 0 Å². The van der Waals surface area contributed by atoms with E-state index in [4.69, 9.17) is 16.7 Å². The van der Waals surface area contributed by atoms with Gasteiger partial charge in [-0.05, 0) is 30.9 Å². The van der Waals surface area contributed by atoms with Gasteiger partial charge in [-0.2, -0.15) is 0 Å². The molecule has 0 aromatic heterocycles. The lowest BCUT2D eigenvalue weighted by molar-refractivity contribution is -0.142. The smallest absolute Gasteiger partial charge is 0.326 e. The van der Waals surface area contributed by atoms with E-state index in [1.165, 1.54) is 12.1 Å². The van der Waals surface area contributed by atoms with Crippen molar-refractivity contribution < 1.29 is 23.9 Å². The third-order valence-corrected chi connectivity index (χ3v) is 4.59. The van der Waals surface area contributed by atoms with Gasteiger partial charge < -0.3 is 15.7 Å². The number of benzene rings is 1. The van der Waals surface area contributed by atoms with Crippen LogP contribution in [0.15, 0.2) is 18.2 Å². The molecule has 8 heteroatoms. The Morgan fingerprint density at radius 2 is 2.04 bits per heavy atom. The van der Waals surface area contributed by atoms with Gasteiger partial charge in [-0.3, -0.25) is 9.59 Å². The Morgan fingerprint density at radius 1 is 1.35 bits per heavy atom. The van der Waals surface area contributed by atoms with Gasteiger partial charge in [0.1, 0.15) is 11.9 Å². The predicted octanol–water partition coefficient (Wildman–Crippen LogP) is 2.31. The minimum atomic E-state index is -1.12. The minimum absolute atomic E-state index is 0.101. The van der Waals surface area contributed by atoms with E-state index in [0.717, 1.165) is 0 Å². The van der Waals surface area contributed by atoms with Crippen molar-refractivity contribution in [3.05, 3.63) is 34.6 Å². The van der Waals surface area contributed by atoms with E-state index in [1.807, 2.05) is 13.8 Å². The van der Waals surface area contributed by atoms with E-state index in [-0.39, 0.29) is 29.3 Å². The number of carbonyl (C=O) groups is 3. The number of carboxylic acid groups (broad SMARTS) is 1. The van der Waals surface area contributed by atoms with Crippen LogP contribution in [0.4, 0.5) is 4.39 Å². The number of carboxylic acids is 1. The highest BCUT2D eigenvalue weighted by Crippen LogP contribution is 2.50. The molecule has 3 atom stereocenters. The summed E-state index contributed by atoms with van der Waals surface area (Å²) in [5.74, 6) is -3.16. The second kappa shape index (κ2) is 8.49. The lowest BCUT2D eigenvalue weighted by atomic mass is 10.0. The number of hydrogen-bond donors (Lipinski definition) is 3. The lowest BCUT2D eigenvalue weighted by Crippen LogP contribution is -2.46. The topological polar surface area (TPSA) is 95.5 Å². The second-order valence-electron chi connectivity index (χ2n) is 6.89. The van der Waals surface area contributed by atoms with Crippen molar-refractivity contribution in [2.75, 3.05) is 6.54 Å². The summed E-state index contributed by atoms with van der Waals surface area (Å²) >= 11 is 6.00. The van der Waals surface area contributed by atoms with Crippen LogP contribution in [0.25, 0.3) is 0 Å². The lowest BCUT2D eigenvalue weighted by Gasteiger charge is -2.16. The van der Waals surface area contributed by atoms with E-state index in [9.17, 15) is 18.8 Å². The molecule has 0 radical (unpaired) electrons. The van der Waals surface area contributed by atoms with Crippen molar-refractivity contribution in [2.24, 2.45) is 11.8 Å². The fourth-order valence-electron chi connectivity index (χ4n) is 2.91. The molecule has 0 spiro atoms. The average molecular weight is 385 g/mol. The number of aliphatic carboxylic acids is 1. The molecule has 2 unspecified atom stereocenters. The summed E-state index contributed by atoms with van der Waals surface area (Å²) in [4.78, 5) is 35.2. The van der Waals surface area contributed by atoms with Crippen LogP contribution in [0.1, 0.15) is 38.2 Å².